The first-order chi connectivity index (χ1) is 9.33. The molecular formula is C15H20N4. The monoisotopic (exact) mass is 256 g/mol. The topological polar surface area (TPSA) is 49.8 Å². The molecule has 0 aliphatic rings. The van der Waals surface area contributed by atoms with Crippen molar-refractivity contribution in [2.24, 2.45) is 0 Å². The molecule has 0 aliphatic heterocycles. The van der Waals surface area contributed by atoms with E-state index in [4.69, 9.17) is 0 Å². The van der Waals surface area contributed by atoms with Crippen LogP contribution < -0.4 is 10.6 Å². The molecule has 2 aromatic rings. The van der Waals surface area contributed by atoms with Crippen LogP contribution in [-0.4, -0.2) is 16.5 Å². The van der Waals surface area contributed by atoms with E-state index in [2.05, 4.69) is 40.5 Å². The smallest absolute Gasteiger partial charge is 0.127 e. The van der Waals surface area contributed by atoms with Crippen LogP contribution in [-0.2, 0) is 13.0 Å². The summed E-state index contributed by atoms with van der Waals surface area (Å²) in [5, 5.41) is 6.59. The molecular weight excluding hydrogens is 236 g/mol. The molecule has 2 rings (SSSR count). The molecule has 19 heavy (non-hydrogen) atoms. The van der Waals surface area contributed by atoms with Gasteiger partial charge < -0.3 is 10.6 Å². The molecule has 0 saturated carbocycles. The highest BCUT2D eigenvalue weighted by Crippen LogP contribution is 2.14. The maximum atomic E-state index is 4.43. The summed E-state index contributed by atoms with van der Waals surface area (Å²) < 4.78 is 0. The van der Waals surface area contributed by atoms with E-state index in [9.17, 15) is 0 Å². The van der Waals surface area contributed by atoms with Gasteiger partial charge in [0.05, 0.1) is 12.2 Å². The van der Waals surface area contributed by atoms with Crippen molar-refractivity contribution in [1.82, 2.24) is 9.97 Å². The standard InChI is InChI=1S/C15H20N4/c1-3-12-6-5-8-17-14(12)11-19-13-7-9-18-15(10-13)16-4-2/h5-10H,3-4,11H2,1-2H3,(H2,16,18,19). The largest absolute Gasteiger partial charge is 0.379 e. The summed E-state index contributed by atoms with van der Waals surface area (Å²) in [6.07, 6.45) is 4.65. The van der Waals surface area contributed by atoms with Gasteiger partial charge in [-0.05, 0) is 31.0 Å². The number of hydrogen-bond acceptors (Lipinski definition) is 4. The molecule has 0 atom stereocenters. The van der Waals surface area contributed by atoms with Gasteiger partial charge in [0.15, 0.2) is 0 Å². The van der Waals surface area contributed by atoms with Crippen LogP contribution in [0, 0.1) is 0 Å². The van der Waals surface area contributed by atoms with Gasteiger partial charge in [-0.3, -0.25) is 4.98 Å². The van der Waals surface area contributed by atoms with E-state index in [1.165, 1.54) is 5.56 Å². The van der Waals surface area contributed by atoms with Gasteiger partial charge in [-0.25, -0.2) is 4.98 Å². The lowest BCUT2D eigenvalue weighted by atomic mass is 10.1. The van der Waals surface area contributed by atoms with Crippen molar-refractivity contribution >= 4 is 11.5 Å². The fraction of sp³-hybridized carbons (Fsp3) is 0.333. The molecule has 0 amide bonds. The lowest BCUT2D eigenvalue weighted by Gasteiger charge is -2.10. The number of hydrogen-bond donors (Lipinski definition) is 2. The van der Waals surface area contributed by atoms with Gasteiger partial charge in [0.2, 0.25) is 0 Å². The van der Waals surface area contributed by atoms with Crippen molar-refractivity contribution in [1.29, 1.82) is 0 Å². The number of pyridine rings is 2. The van der Waals surface area contributed by atoms with Crippen LogP contribution >= 0.6 is 0 Å². The highest BCUT2D eigenvalue weighted by molar-refractivity contribution is 5.52. The second kappa shape index (κ2) is 6.73. The van der Waals surface area contributed by atoms with Gasteiger partial charge in [0, 0.05) is 30.7 Å². The number of nitrogens with zero attached hydrogens (tertiary/aromatic N) is 2. The number of aromatic nitrogens is 2. The Labute approximate surface area is 114 Å². The first-order valence-electron chi connectivity index (χ1n) is 6.70. The van der Waals surface area contributed by atoms with E-state index >= 15 is 0 Å². The molecule has 0 radical (unpaired) electrons. The number of rotatable bonds is 6. The number of aryl methyl sites for hydroxylation is 1. The summed E-state index contributed by atoms with van der Waals surface area (Å²) in [4.78, 5) is 8.68. The van der Waals surface area contributed by atoms with Gasteiger partial charge >= 0.3 is 0 Å². The normalized spacial score (nSPS) is 10.2. The molecule has 2 N–H and O–H groups in total. The summed E-state index contributed by atoms with van der Waals surface area (Å²) in [5.41, 5.74) is 3.45. The Kier molecular flexibility index (Phi) is 4.72. The van der Waals surface area contributed by atoms with Crippen LogP contribution in [0.3, 0.4) is 0 Å². The average molecular weight is 256 g/mol. The second-order valence-corrected chi connectivity index (χ2v) is 4.28. The van der Waals surface area contributed by atoms with Gasteiger partial charge in [0.1, 0.15) is 5.82 Å². The highest BCUT2D eigenvalue weighted by atomic mass is 15.0. The van der Waals surface area contributed by atoms with Crippen molar-refractivity contribution in [2.45, 2.75) is 26.8 Å². The molecule has 0 fully saturated rings. The zero-order chi connectivity index (χ0) is 13.5. The molecule has 100 valence electrons. The van der Waals surface area contributed by atoms with Crippen molar-refractivity contribution in [3.8, 4) is 0 Å². The van der Waals surface area contributed by atoms with Gasteiger partial charge in [-0.2, -0.15) is 0 Å². The van der Waals surface area contributed by atoms with Crippen LogP contribution in [0.4, 0.5) is 11.5 Å². The molecule has 4 heteroatoms. The van der Waals surface area contributed by atoms with Crippen molar-refractivity contribution in [3.63, 3.8) is 0 Å². The van der Waals surface area contributed by atoms with Crippen LogP contribution in [0.2, 0.25) is 0 Å². The Balaban J connectivity index is 2.03. The van der Waals surface area contributed by atoms with Crippen LogP contribution in [0.25, 0.3) is 0 Å². The maximum absolute atomic E-state index is 4.43. The lowest BCUT2D eigenvalue weighted by Crippen LogP contribution is -2.06. The third-order valence-corrected chi connectivity index (χ3v) is 2.94. The molecule has 2 aromatic heterocycles. The average Bonchev–Trinajstić information content (AvgIpc) is 2.46. The number of nitrogens with one attached hydrogen (secondary N) is 2. The third-order valence-electron chi connectivity index (χ3n) is 2.94. The Bertz CT molecular complexity index is 525. The van der Waals surface area contributed by atoms with Crippen molar-refractivity contribution in [2.75, 3.05) is 17.2 Å². The number of anilines is 2. The Morgan fingerprint density at radius 2 is 1.95 bits per heavy atom. The zero-order valence-corrected chi connectivity index (χ0v) is 11.5. The summed E-state index contributed by atoms with van der Waals surface area (Å²) in [6, 6.07) is 8.09. The second-order valence-electron chi connectivity index (χ2n) is 4.28. The van der Waals surface area contributed by atoms with E-state index in [1.807, 2.05) is 24.4 Å². The molecule has 0 unspecified atom stereocenters. The minimum absolute atomic E-state index is 0.736. The SMILES string of the molecule is CCNc1cc(NCc2ncccc2CC)ccn1. The summed E-state index contributed by atoms with van der Waals surface area (Å²) in [6.45, 7) is 5.82. The molecule has 0 spiro atoms. The highest BCUT2D eigenvalue weighted by Gasteiger charge is 2.02. The van der Waals surface area contributed by atoms with E-state index in [0.717, 1.165) is 36.7 Å². The van der Waals surface area contributed by atoms with Gasteiger partial charge in [0.25, 0.3) is 0 Å². The molecule has 0 saturated heterocycles. The van der Waals surface area contributed by atoms with Crippen molar-refractivity contribution in [3.05, 3.63) is 47.9 Å². The summed E-state index contributed by atoms with van der Waals surface area (Å²) >= 11 is 0. The summed E-state index contributed by atoms with van der Waals surface area (Å²) in [5.74, 6) is 0.893. The van der Waals surface area contributed by atoms with Crippen LogP contribution in [0.1, 0.15) is 25.1 Å². The maximum Gasteiger partial charge on any atom is 0.127 e. The quantitative estimate of drug-likeness (QED) is 0.834. The zero-order valence-electron chi connectivity index (χ0n) is 11.5. The van der Waals surface area contributed by atoms with Crippen molar-refractivity contribution < 1.29 is 0 Å². The minimum Gasteiger partial charge on any atom is -0.379 e. The van der Waals surface area contributed by atoms with Crippen LogP contribution in [0.5, 0.6) is 0 Å². The Morgan fingerprint density at radius 1 is 1.05 bits per heavy atom. The predicted octanol–water partition coefficient (Wildman–Crippen LogP) is 3.08. The van der Waals surface area contributed by atoms with Gasteiger partial charge in [-0.1, -0.05) is 13.0 Å². The molecule has 2 heterocycles. The van der Waals surface area contributed by atoms with E-state index in [-0.39, 0.29) is 0 Å². The van der Waals surface area contributed by atoms with E-state index < -0.39 is 0 Å². The molecule has 0 bridgehead atoms. The molecule has 0 aromatic carbocycles. The Hall–Kier alpha value is -2.10. The first-order valence-corrected chi connectivity index (χ1v) is 6.70. The predicted molar refractivity (Wildman–Crippen MR) is 79.3 cm³/mol. The van der Waals surface area contributed by atoms with E-state index in [0.29, 0.717) is 0 Å². The van der Waals surface area contributed by atoms with Gasteiger partial charge in [-0.15, -0.1) is 0 Å². The molecule has 0 aliphatic carbocycles. The lowest BCUT2D eigenvalue weighted by molar-refractivity contribution is 0.971. The fourth-order valence-corrected chi connectivity index (χ4v) is 1.96. The molecule has 4 nitrogen and oxygen atoms in total. The summed E-state index contributed by atoms with van der Waals surface area (Å²) in [7, 11) is 0. The Morgan fingerprint density at radius 3 is 2.74 bits per heavy atom. The first kappa shape index (κ1) is 13.3. The van der Waals surface area contributed by atoms with E-state index in [1.54, 1.807) is 6.20 Å². The van der Waals surface area contributed by atoms with Crippen LogP contribution in [0.15, 0.2) is 36.7 Å². The third kappa shape index (κ3) is 3.68. The minimum atomic E-state index is 0.736. The fourth-order valence-electron chi connectivity index (χ4n) is 1.96.